The van der Waals surface area contributed by atoms with E-state index in [1.807, 2.05) is 0 Å². The van der Waals surface area contributed by atoms with Gasteiger partial charge in [-0.2, -0.15) is 0 Å². The van der Waals surface area contributed by atoms with Crippen LogP contribution in [0.3, 0.4) is 0 Å². The van der Waals surface area contributed by atoms with Gasteiger partial charge in [0.15, 0.2) is 0 Å². The molecule has 0 aliphatic heterocycles. The van der Waals surface area contributed by atoms with Gasteiger partial charge < -0.3 is 9.80 Å². The Bertz CT molecular complexity index is 2420. The smallest absolute Gasteiger partial charge is 0.0455 e. The molecule has 1 fully saturated rings. The van der Waals surface area contributed by atoms with E-state index in [1.54, 1.807) is 0 Å². The van der Waals surface area contributed by atoms with Gasteiger partial charge in [0.2, 0.25) is 0 Å². The van der Waals surface area contributed by atoms with Crippen LogP contribution in [-0.2, 0) is 5.41 Å². The number of nitrogens with zero attached hydrogens (tertiary/aromatic N) is 2. The maximum absolute atomic E-state index is 2.39. The third-order valence-corrected chi connectivity index (χ3v) is 12.3. The van der Waals surface area contributed by atoms with Gasteiger partial charge in [-0.25, -0.2) is 0 Å². The Hall–Kier alpha value is -7.16. The summed E-state index contributed by atoms with van der Waals surface area (Å²) in [6.45, 7) is 4.30. The number of benzene rings is 8. The average Bonchev–Trinajstić information content (AvgIpc) is 3.83. The summed E-state index contributed by atoms with van der Waals surface area (Å²) >= 11 is 0. The summed E-state index contributed by atoms with van der Waals surface area (Å²) in [6.07, 6.45) is 9.32. The van der Waals surface area contributed by atoms with Crippen molar-refractivity contribution in [3.63, 3.8) is 0 Å². The molecule has 0 saturated heterocycles. The van der Waals surface area contributed by atoms with Crippen LogP contribution in [0.5, 0.6) is 0 Å². The third kappa shape index (κ3) is 8.62. The highest BCUT2D eigenvalue weighted by Crippen LogP contribution is 2.48. The fraction of sp³-hybridized carbons (Fsp3) is 0.119. The highest BCUT2D eigenvalue weighted by molar-refractivity contribution is 5.85. The van der Waals surface area contributed by atoms with Gasteiger partial charge in [-0.05, 0) is 109 Å². The summed E-state index contributed by atoms with van der Waals surface area (Å²) in [5.41, 5.74) is 16.8. The normalized spacial score (nSPS) is 13.0. The Morgan fingerprint density at radius 1 is 0.344 bits per heavy atom. The molecule has 1 aliphatic carbocycles. The molecule has 1 saturated carbocycles. The maximum Gasteiger partial charge on any atom is 0.0455 e. The van der Waals surface area contributed by atoms with Gasteiger partial charge in [-0.15, -0.1) is 0 Å². The fourth-order valence-electron chi connectivity index (χ4n) is 8.97. The molecule has 9 rings (SSSR count). The van der Waals surface area contributed by atoms with Gasteiger partial charge in [0.1, 0.15) is 0 Å². The second-order valence-electron chi connectivity index (χ2n) is 16.3. The van der Waals surface area contributed by atoms with E-state index in [4.69, 9.17) is 0 Å². The van der Waals surface area contributed by atoms with Crippen molar-refractivity contribution in [2.75, 3.05) is 9.80 Å². The topological polar surface area (TPSA) is 6.48 Å². The van der Waals surface area contributed by atoms with Crippen molar-refractivity contribution in [1.82, 2.24) is 0 Å². The van der Waals surface area contributed by atoms with Gasteiger partial charge in [-0.1, -0.05) is 194 Å². The molecule has 2 nitrogen and oxygen atoms in total. The number of hydrogen-bond acceptors (Lipinski definition) is 2. The standard InChI is InChI=1S/C59H52N2/c1-45-25-33-53(34-26-45)60(43-57(47-17-7-3-8-18-47)48-19-9-4-10-20-48)55-37-29-51(30-38-55)59(41-15-16-42-59)52-31-39-56(40-32-52)61(54-35-27-46(2)28-36-54)44-58(49-21-11-5-12-22-49)50-23-13-6-14-24-50/h3-14,17-40,43-44H,15-16,41-42H2,1-2H3. The third-order valence-electron chi connectivity index (χ3n) is 12.3. The molecule has 0 N–H and O–H groups in total. The zero-order valence-electron chi connectivity index (χ0n) is 35.2. The number of aryl methyl sites for hydroxylation is 2. The summed E-state index contributed by atoms with van der Waals surface area (Å²) in [4.78, 5) is 4.70. The lowest BCUT2D eigenvalue weighted by Crippen LogP contribution is -2.24. The van der Waals surface area contributed by atoms with E-state index in [0.717, 1.165) is 35.6 Å². The van der Waals surface area contributed by atoms with Crippen molar-refractivity contribution in [3.8, 4) is 0 Å². The molecule has 0 atom stereocenters. The van der Waals surface area contributed by atoms with Crippen LogP contribution < -0.4 is 9.80 Å². The van der Waals surface area contributed by atoms with Crippen molar-refractivity contribution >= 4 is 33.9 Å². The molecule has 1 aliphatic rings. The molecule has 0 bridgehead atoms. The summed E-state index contributed by atoms with van der Waals surface area (Å²) in [6, 6.07) is 79.5. The van der Waals surface area contributed by atoms with Crippen molar-refractivity contribution in [3.05, 3.63) is 275 Å². The lowest BCUT2D eigenvalue weighted by atomic mass is 9.73. The molecule has 61 heavy (non-hydrogen) atoms. The molecule has 0 unspecified atom stereocenters. The zero-order valence-corrected chi connectivity index (χ0v) is 35.2. The van der Waals surface area contributed by atoms with E-state index in [0.29, 0.717) is 0 Å². The maximum atomic E-state index is 2.39. The predicted molar refractivity (Wildman–Crippen MR) is 259 cm³/mol. The highest BCUT2D eigenvalue weighted by Gasteiger charge is 2.37. The monoisotopic (exact) mass is 788 g/mol. The first-order valence-corrected chi connectivity index (χ1v) is 21.6. The Balaban J connectivity index is 1.09. The first-order valence-electron chi connectivity index (χ1n) is 21.6. The van der Waals surface area contributed by atoms with E-state index < -0.39 is 0 Å². The average molecular weight is 789 g/mol. The Morgan fingerprint density at radius 3 is 0.885 bits per heavy atom. The highest BCUT2D eigenvalue weighted by atomic mass is 15.1. The minimum atomic E-state index is -0.0510. The molecule has 298 valence electrons. The predicted octanol–water partition coefficient (Wildman–Crippen LogP) is 15.6. The van der Waals surface area contributed by atoms with Crippen molar-refractivity contribution in [1.29, 1.82) is 0 Å². The van der Waals surface area contributed by atoms with Gasteiger partial charge in [-0.3, -0.25) is 0 Å². The Labute approximate surface area is 362 Å². The minimum Gasteiger partial charge on any atom is -0.317 e. The Morgan fingerprint density at radius 2 is 0.607 bits per heavy atom. The second kappa shape index (κ2) is 18.0. The van der Waals surface area contributed by atoms with E-state index >= 15 is 0 Å². The molecule has 0 heterocycles. The molecule has 0 radical (unpaired) electrons. The first kappa shape index (κ1) is 39.3. The second-order valence-corrected chi connectivity index (χ2v) is 16.3. The molecule has 2 heteroatoms. The van der Waals surface area contributed by atoms with E-state index in [1.165, 1.54) is 68.5 Å². The quantitative estimate of drug-likeness (QED) is 0.122. The lowest BCUT2D eigenvalue weighted by molar-refractivity contribution is 0.535. The molecule has 8 aromatic carbocycles. The zero-order chi connectivity index (χ0) is 41.4. The SMILES string of the molecule is Cc1ccc(N(C=C(c2ccccc2)c2ccccc2)c2ccc(C3(c4ccc(N(C=C(c5ccccc5)c5ccccc5)c5ccc(C)cc5)cc4)CCCC3)cc2)cc1. The van der Waals surface area contributed by atoms with Gasteiger partial charge in [0.05, 0.1) is 0 Å². The Kier molecular flexibility index (Phi) is 11.6. The van der Waals surface area contributed by atoms with Crippen LogP contribution in [-0.4, -0.2) is 0 Å². The largest absolute Gasteiger partial charge is 0.317 e. The summed E-state index contributed by atoms with van der Waals surface area (Å²) in [5.74, 6) is 0. The van der Waals surface area contributed by atoms with E-state index in [9.17, 15) is 0 Å². The number of rotatable bonds is 12. The molecule has 0 amide bonds. The summed E-state index contributed by atoms with van der Waals surface area (Å²) in [7, 11) is 0. The van der Waals surface area contributed by atoms with Crippen LogP contribution in [0.15, 0.2) is 231 Å². The molecule has 0 aromatic heterocycles. The van der Waals surface area contributed by atoms with Crippen LogP contribution in [0, 0.1) is 13.8 Å². The molecular formula is C59H52N2. The molecule has 0 spiro atoms. The number of anilines is 4. The van der Waals surface area contributed by atoms with Crippen molar-refractivity contribution in [2.24, 2.45) is 0 Å². The van der Waals surface area contributed by atoms with Crippen LogP contribution >= 0.6 is 0 Å². The summed E-state index contributed by atoms with van der Waals surface area (Å²) < 4.78 is 0. The number of hydrogen-bond donors (Lipinski definition) is 0. The fourth-order valence-corrected chi connectivity index (χ4v) is 8.97. The molecular weight excluding hydrogens is 737 g/mol. The van der Waals surface area contributed by atoms with Gasteiger partial charge >= 0.3 is 0 Å². The van der Waals surface area contributed by atoms with E-state index in [-0.39, 0.29) is 5.41 Å². The lowest BCUT2D eigenvalue weighted by Gasteiger charge is -2.32. The van der Waals surface area contributed by atoms with Crippen LogP contribution in [0.4, 0.5) is 22.7 Å². The van der Waals surface area contributed by atoms with Crippen LogP contribution in [0.25, 0.3) is 11.1 Å². The van der Waals surface area contributed by atoms with Crippen molar-refractivity contribution in [2.45, 2.75) is 44.9 Å². The summed E-state index contributed by atoms with van der Waals surface area (Å²) in [5, 5.41) is 0. The van der Waals surface area contributed by atoms with Crippen molar-refractivity contribution < 1.29 is 0 Å². The first-order chi connectivity index (χ1) is 30.0. The van der Waals surface area contributed by atoms with Gasteiger partial charge in [0, 0.05) is 51.7 Å². The van der Waals surface area contributed by atoms with Crippen LogP contribution in [0.1, 0.15) is 70.2 Å². The van der Waals surface area contributed by atoms with E-state index in [2.05, 4.69) is 254 Å². The van der Waals surface area contributed by atoms with Gasteiger partial charge in [0.25, 0.3) is 0 Å². The molecule has 8 aromatic rings. The minimum absolute atomic E-state index is 0.0510. The van der Waals surface area contributed by atoms with Crippen LogP contribution in [0.2, 0.25) is 0 Å².